The van der Waals surface area contributed by atoms with Crippen molar-refractivity contribution in [3.63, 3.8) is 0 Å². The fraction of sp³-hybridized carbons (Fsp3) is 0.333. The molecule has 3 nitrogen and oxygen atoms in total. The third-order valence-electron chi connectivity index (χ3n) is 2.60. The van der Waals surface area contributed by atoms with E-state index in [4.69, 9.17) is 5.73 Å². The molecule has 0 saturated heterocycles. The zero-order valence-electron chi connectivity index (χ0n) is 9.47. The highest BCUT2D eigenvalue weighted by Crippen LogP contribution is 2.24. The van der Waals surface area contributed by atoms with Gasteiger partial charge in [0.2, 0.25) is 0 Å². The molecule has 2 aromatic heterocycles. The van der Waals surface area contributed by atoms with Crippen LogP contribution in [0.25, 0.3) is 0 Å². The van der Waals surface area contributed by atoms with Crippen LogP contribution in [-0.2, 0) is 6.42 Å². The Balaban J connectivity index is 2.42. The van der Waals surface area contributed by atoms with Gasteiger partial charge in [-0.15, -0.1) is 0 Å². The van der Waals surface area contributed by atoms with Gasteiger partial charge >= 0.3 is 0 Å². The molecule has 0 radical (unpaired) electrons. The molecule has 0 fully saturated rings. The number of hydrogen-bond donors (Lipinski definition) is 1. The first-order chi connectivity index (χ1) is 7.72. The van der Waals surface area contributed by atoms with Crippen LogP contribution in [-0.4, -0.2) is 10.2 Å². The highest BCUT2D eigenvalue weighted by atomic mass is 32.1. The topological polar surface area (TPSA) is 51.8 Å². The van der Waals surface area contributed by atoms with Crippen LogP contribution >= 0.6 is 11.3 Å². The van der Waals surface area contributed by atoms with Crippen molar-refractivity contribution < 1.29 is 0 Å². The monoisotopic (exact) mass is 233 g/mol. The van der Waals surface area contributed by atoms with Gasteiger partial charge in [0.1, 0.15) is 0 Å². The molecule has 2 aromatic rings. The lowest BCUT2D eigenvalue weighted by Gasteiger charge is -2.14. The van der Waals surface area contributed by atoms with E-state index in [-0.39, 0.29) is 6.04 Å². The maximum Gasteiger partial charge on any atom is 0.0679 e. The second-order valence-electron chi connectivity index (χ2n) is 3.78. The Morgan fingerprint density at radius 2 is 2.25 bits per heavy atom. The zero-order chi connectivity index (χ0) is 11.5. The van der Waals surface area contributed by atoms with Gasteiger partial charge in [0.25, 0.3) is 0 Å². The summed E-state index contributed by atoms with van der Waals surface area (Å²) in [5.74, 6) is 0. The summed E-state index contributed by atoms with van der Waals surface area (Å²) in [7, 11) is 0. The molecule has 4 heteroatoms. The number of nitrogens with zero attached hydrogens (tertiary/aromatic N) is 2. The van der Waals surface area contributed by atoms with E-state index in [1.165, 1.54) is 0 Å². The number of thiophene rings is 1. The molecule has 2 rings (SSSR count). The predicted octanol–water partition coefficient (Wildman–Crippen LogP) is 2.46. The van der Waals surface area contributed by atoms with E-state index in [1.54, 1.807) is 11.3 Å². The predicted molar refractivity (Wildman–Crippen MR) is 66.5 cm³/mol. The van der Waals surface area contributed by atoms with Gasteiger partial charge in [-0.05, 0) is 47.4 Å². The highest BCUT2D eigenvalue weighted by molar-refractivity contribution is 7.08. The summed E-state index contributed by atoms with van der Waals surface area (Å²) < 4.78 is 0. The second-order valence-corrected chi connectivity index (χ2v) is 4.56. The van der Waals surface area contributed by atoms with E-state index >= 15 is 0 Å². The Labute approximate surface area is 99.3 Å². The first-order valence-corrected chi connectivity index (χ1v) is 6.27. The molecule has 1 unspecified atom stereocenters. The Kier molecular flexibility index (Phi) is 3.31. The molecule has 2 heterocycles. The van der Waals surface area contributed by atoms with Crippen LogP contribution in [0.3, 0.4) is 0 Å². The molecule has 0 aliphatic carbocycles. The summed E-state index contributed by atoms with van der Waals surface area (Å²) in [4.78, 5) is 0. The molecule has 0 aromatic carbocycles. The van der Waals surface area contributed by atoms with Crippen LogP contribution in [0.15, 0.2) is 22.9 Å². The quantitative estimate of drug-likeness (QED) is 0.886. The van der Waals surface area contributed by atoms with Crippen molar-refractivity contribution in [1.29, 1.82) is 0 Å². The SMILES string of the molecule is CCc1nnc(C)cc1C(N)c1ccsc1. The average molecular weight is 233 g/mol. The Morgan fingerprint density at radius 3 is 2.88 bits per heavy atom. The van der Waals surface area contributed by atoms with Crippen molar-refractivity contribution in [2.75, 3.05) is 0 Å². The Bertz CT molecular complexity index is 465. The molecule has 0 spiro atoms. The van der Waals surface area contributed by atoms with Gasteiger partial charge in [-0.1, -0.05) is 6.92 Å². The molecule has 0 saturated carbocycles. The third-order valence-corrected chi connectivity index (χ3v) is 3.30. The number of aryl methyl sites for hydroxylation is 2. The zero-order valence-corrected chi connectivity index (χ0v) is 10.3. The summed E-state index contributed by atoms with van der Waals surface area (Å²) in [5, 5.41) is 12.4. The molecule has 1 atom stereocenters. The van der Waals surface area contributed by atoms with Crippen LogP contribution in [0.1, 0.15) is 35.5 Å². The third kappa shape index (κ3) is 2.13. The van der Waals surface area contributed by atoms with Gasteiger partial charge in [0, 0.05) is 0 Å². The molecule has 0 aliphatic heterocycles. The van der Waals surface area contributed by atoms with E-state index in [2.05, 4.69) is 28.6 Å². The van der Waals surface area contributed by atoms with E-state index in [1.807, 2.05) is 18.4 Å². The smallest absolute Gasteiger partial charge is 0.0679 e. The van der Waals surface area contributed by atoms with Crippen molar-refractivity contribution in [2.45, 2.75) is 26.3 Å². The molecule has 2 N–H and O–H groups in total. The van der Waals surface area contributed by atoms with E-state index < -0.39 is 0 Å². The van der Waals surface area contributed by atoms with Crippen LogP contribution in [0, 0.1) is 6.92 Å². The molecule has 0 bridgehead atoms. The number of nitrogens with two attached hydrogens (primary N) is 1. The summed E-state index contributed by atoms with van der Waals surface area (Å²) in [5.41, 5.74) is 10.4. The van der Waals surface area contributed by atoms with E-state index in [0.717, 1.165) is 28.9 Å². The van der Waals surface area contributed by atoms with Crippen molar-refractivity contribution in [2.24, 2.45) is 5.73 Å². The minimum atomic E-state index is -0.0876. The normalized spacial score (nSPS) is 12.7. The average Bonchev–Trinajstić information content (AvgIpc) is 2.81. The largest absolute Gasteiger partial charge is 0.320 e. The van der Waals surface area contributed by atoms with Gasteiger partial charge in [0.05, 0.1) is 17.4 Å². The summed E-state index contributed by atoms with van der Waals surface area (Å²) in [6, 6.07) is 4.01. The number of rotatable bonds is 3. The van der Waals surface area contributed by atoms with E-state index in [0.29, 0.717) is 0 Å². The molecule has 0 amide bonds. The highest BCUT2D eigenvalue weighted by Gasteiger charge is 2.14. The lowest BCUT2D eigenvalue weighted by atomic mass is 9.99. The standard InChI is InChI=1S/C12H15N3S/c1-3-11-10(6-8(2)14-15-11)12(13)9-4-5-16-7-9/h4-7,12H,3,13H2,1-2H3. The van der Waals surface area contributed by atoms with Crippen LogP contribution in [0.5, 0.6) is 0 Å². The Hall–Kier alpha value is -1.26. The lowest BCUT2D eigenvalue weighted by molar-refractivity contribution is 0.792. The molecular formula is C12H15N3S. The van der Waals surface area contributed by atoms with Gasteiger partial charge < -0.3 is 5.73 Å². The van der Waals surface area contributed by atoms with Gasteiger partial charge in [-0.2, -0.15) is 21.5 Å². The maximum atomic E-state index is 6.24. The van der Waals surface area contributed by atoms with Crippen LogP contribution in [0.2, 0.25) is 0 Å². The second kappa shape index (κ2) is 4.72. The first-order valence-electron chi connectivity index (χ1n) is 5.33. The summed E-state index contributed by atoms with van der Waals surface area (Å²) in [6.07, 6.45) is 0.862. The van der Waals surface area contributed by atoms with Gasteiger partial charge in [0.15, 0.2) is 0 Å². The van der Waals surface area contributed by atoms with Crippen LogP contribution < -0.4 is 5.73 Å². The minimum absolute atomic E-state index is 0.0876. The Morgan fingerprint density at radius 1 is 1.44 bits per heavy atom. The van der Waals surface area contributed by atoms with Crippen molar-refractivity contribution in [1.82, 2.24) is 10.2 Å². The number of aromatic nitrogens is 2. The van der Waals surface area contributed by atoms with Gasteiger partial charge in [-0.25, -0.2) is 0 Å². The van der Waals surface area contributed by atoms with Crippen LogP contribution in [0.4, 0.5) is 0 Å². The van der Waals surface area contributed by atoms with Crippen molar-refractivity contribution in [3.8, 4) is 0 Å². The van der Waals surface area contributed by atoms with Crippen molar-refractivity contribution >= 4 is 11.3 Å². The molecule has 84 valence electrons. The molecule has 0 aliphatic rings. The van der Waals surface area contributed by atoms with Gasteiger partial charge in [-0.3, -0.25) is 0 Å². The maximum absolute atomic E-state index is 6.24. The van der Waals surface area contributed by atoms with E-state index in [9.17, 15) is 0 Å². The fourth-order valence-electron chi connectivity index (χ4n) is 1.71. The minimum Gasteiger partial charge on any atom is -0.320 e. The number of hydrogen-bond acceptors (Lipinski definition) is 4. The lowest BCUT2D eigenvalue weighted by Crippen LogP contribution is -2.15. The fourth-order valence-corrected chi connectivity index (χ4v) is 2.41. The first kappa shape index (κ1) is 11.2. The molecular weight excluding hydrogens is 218 g/mol. The van der Waals surface area contributed by atoms with Crippen molar-refractivity contribution in [3.05, 3.63) is 45.4 Å². The molecule has 16 heavy (non-hydrogen) atoms. The summed E-state index contributed by atoms with van der Waals surface area (Å²) in [6.45, 7) is 4.01. The summed E-state index contributed by atoms with van der Waals surface area (Å²) >= 11 is 1.66.